The lowest BCUT2D eigenvalue weighted by atomic mass is 10.0. The van der Waals surface area contributed by atoms with Crippen LogP contribution in [0, 0.1) is 5.92 Å². The molecular weight excluding hydrogens is 234 g/mol. The van der Waals surface area contributed by atoms with E-state index in [1.807, 2.05) is 13.8 Å². The van der Waals surface area contributed by atoms with Gasteiger partial charge in [-0.1, -0.05) is 13.8 Å². The Balaban J connectivity index is 2.34. The topological polar surface area (TPSA) is 81.7 Å². The number of nitrogens with zero attached hydrogens (tertiary/aromatic N) is 1. The van der Waals surface area contributed by atoms with Gasteiger partial charge in [-0.3, -0.25) is 0 Å². The zero-order valence-corrected chi connectivity index (χ0v) is 11.1. The van der Waals surface area contributed by atoms with E-state index in [-0.39, 0.29) is 11.9 Å². The minimum atomic E-state index is -0.914. The van der Waals surface area contributed by atoms with Crippen LogP contribution in [0.5, 0.6) is 0 Å². The molecule has 1 heterocycles. The molecule has 0 bridgehead atoms. The van der Waals surface area contributed by atoms with Gasteiger partial charge in [-0.05, 0) is 31.8 Å². The molecule has 1 aliphatic rings. The van der Waals surface area contributed by atoms with Gasteiger partial charge in [0, 0.05) is 13.1 Å². The van der Waals surface area contributed by atoms with E-state index in [1.165, 1.54) is 4.90 Å². The molecule has 1 saturated heterocycles. The highest BCUT2D eigenvalue weighted by molar-refractivity contribution is 5.83. The van der Waals surface area contributed by atoms with E-state index in [1.54, 1.807) is 0 Å². The van der Waals surface area contributed by atoms with Gasteiger partial charge in [0.15, 0.2) is 0 Å². The molecule has 1 rings (SSSR count). The molecule has 2 amide bonds. The van der Waals surface area contributed by atoms with E-state index in [4.69, 9.17) is 5.11 Å². The highest BCUT2D eigenvalue weighted by Gasteiger charge is 2.39. The SMILES string of the molecule is CCNCCCNC(=O)N1CCC(C)C1C(=O)O. The van der Waals surface area contributed by atoms with Gasteiger partial charge in [0.25, 0.3) is 0 Å². The number of carboxylic acids is 1. The third kappa shape index (κ3) is 3.87. The van der Waals surface area contributed by atoms with Crippen molar-refractivity contribution in [1.29, 1.82) is 0 Å². The molecule has 2 unspecified atom stereocenters. The molecule has 2 atom stereocenters. The van der Waals surface area contributed by atoms with Gasteiger partial charge in [0.1, 0.15) is 6.04 Å². The lowest BCUT2D eigenvalue weighted by molar-refractivity contribution is -0.142. The van der Waals surface area contributed by atoms with Gasteiger partial charge < -0.3 is 20.6 Å². The van der Waals surface area contributed by atoms with Crippen molar-refractivity contribution in [2.24, 2.45) is 5.92 Å². The van der Waals surface area contributed by atoms with Crippen LogP contribution >= 0.6 is 0 Å². The van der Waals surface area contributed by atoms with Crippen LogP contribution in [0.2, 0.25) is 0 Å². The third-order valence-corrected chi connectivity index (χ3v) is 3.27. The largest absolute Gasteiger partial charge is 0.480 e. The minimum Gasteiger partial charge on any atom is -0.480 e. The molecule has 6 heteroatoms. The zero-order chi connectivity index (χ0) is 13.5. The second-order valence-electron chi connectivity index (χ2n) is 4.68. The predicted molar refractivity (Wildman–Crippen MR) is 68.5 cm³/mol. The quantitative estimate of drug-likeness (QED) is 0.605. The normalized spacial score (nSPS) is 23.1. The number of urea groups is 1. The Kier molecular flexibility index (Phi) is 5.91. The molecule has 0 aromatic heterocycles. The standard InChI is InChI=1S/C12H23N3O3/c1-3-13-6-4-7-14-12(18)15-8-5-9(2)10(15)11(16)17/h9-10,13H,3-8H2,1-2H3,(H,14,18)(H,16,17). The Morgan fingerprint density at radius 2 is 2.11 bits per heavy atom. The fourth-order valence-corrected chi connectivity index (χ4v) is 2.24. The van der Waals surface area contributed by atoms with Gasteiger partial charge in [0.2, 0.25) is 0 Å². The maximum Gasteiger partial charge on any atom is 0.326 e. The molecule has 3 N–H and O–H groups in total. The fraction of sp³-hybridized carbons (Fsp3) is 0.833. The first kappa shape index (κ1) is 14.8. The number of carbonyl (C=O) groups is 2. The van der Waals surface area contributed by atoms with Crippen molar-refractivity contribution < 1.29 is 14.7 Å². The smallest absolute Gasteiger partial charge is 0.326 e. The van der Waals surface area contributed by atoms with Gasteiger partial charge in [-0.2, -0.15) is 0 Å². The summed E-state index contributed by atoms with van der Waals surface area (Å²) in [5.41, 5.74) is 0. The van der Waals surface area contributed by atoms with Crippen molar-refractivity contribution in [1.82, 2.24) is 15.5 Å². The Hall–Kier alpha value is -1.30. The number of aliphatic carboxylic acids is 1. The summed E-state index contributed by atoms with van der Waals surface area (Å²) in [5.74, 6) is -0.891. The summed E-state index contributed by atoms with van der Waals surface area (Å²) >= 11 is 0. The molecule has 6 nitrogen and oxygen atoms in total. The second-order valence-corrected chi connectivity index (χ2v) is 4.68. The highest BCUT2D eigenvalue weighted by Crippen LogP contribution is 2.23. The van der Waals surface area contributed by atoms with Crippen LogP contribution in [-0.4, -0.2) is 54.2 Å². The molecule has 0 saturated carbocycles. The average Bonchev–Trinajstić information content (AvgIpc) is 2.70. The molecule has 0 radical (unpaired) electrons. The van der Waals surface area contributed by atoms with Gasteiger partial charge in [-0.15, -0.1) is 0 Å². The van der Waals surface area contributed by atoms with Crippen molar-refractivity contribution in [3.63, 3.8) is 0 Å². The Bertz CT molecular complexity index is 296. The van der Waals surface area contributed by atoms with Crippen LogP contribution in [0.25, 0.3) is 0 Å². The first-order valence-electron chi connectivity index (χ1n) is 6.56. The van der Waals surface area contributed by atoms with E-state index in [2.05, 4.69) is 10.6 Å². The molecule has 18 heavy (non-hydrogen) atoms. The summed E-state index contributed by atoms with van der Waals surface area (Å²) in [5, 5.41) is 15.1. The zero-order valence-electron chi connectivity index (χ0n) is 11.1. The number of carboxylic acid groups (broad SMARTS) is 1. The molecule has 0 aromatic carbocycles. The van der Waals surface area contributed by atoms with Crippen LogP contribution in [0.1, 0.15) is 26.7 Å². The molecule has 104 valence electrons. The lowest BCUT2D eigenvalue weighted by Crippen LogP contribution is -2.47. The van der Waals surface area contributed by atoms with Crippen LogP contribution in [0.4, 0.5) is 4.79 Å². The van der Waals surface area contributed by atoms with E-state index in [0.717, 1.165) is 25.9 Å². The number of nitrogens with one attached hydrogen (secondary N) is 2. The molecule has 0 aromatic rings. The minimum absolute atomic E-state index is 0.0232. The van der Waals surface area contributed by atoms with Crippen molar-refractivity contribution in [2.45, 2.75) is 32.7 Å². The van der Waals surface area contributed by atoms with Gasteiger partial charge in [0.05, 0.1) is 0 Å². The molecular formula is C12H23N3O3. The number of carbonyl (C=O) groups excluding carboxylic acids is 1. The monoisotopic (exact) mass is 257 g/mol. The van der Waals surface area contributed by atoms with Crippen LogP contribution in [0.3, 0.4) is 0 Å². The van der Waals surface area contributed by atoms with Crippen molar-refractivity contribution in [2.75, 3.05) is 26.2 Å². The Morgan fingerprint density at radius 3 is 2.72 bits per heavy atom. The van der Waals surface area contributed by atoms with E-state index >= 15 is 0 Å². The molecule has 1 aliphatic heterocycles. The third-order valence-electron chi connectivity index (χ3n) is 3.27. The number of rotatable bonds is 6. The maximum atomic E-state index is 11.9. The number of likely N-dealkylation sites (tertiary alicyclic amines) is 1. The Morgan fingerprint density at radius 1 is 1.39 bits per heavy atom. The highest BCUT2D eigenvalue weighted by atomic mass is 16.4. The van der Waals surface area contributed by atoms with Crippen LogP contribution in [-0.2, 0) is 4.79 Å². The van der Waals surface area contributed by atoms with Crippen molar-refractivity contribution >= 4 is 12.0 Å². The van der Waals surface area contributed by atoms with Gasteiger partial charge >= 0.3 is 12.0 Å². The summed E-state index contributed by atoms with van der Waals surface area (Å²) in [7, 11) is 0. The first-order valence-corrected chi connectivity index (χ1v) is 6.56. The van der Waals surface area contributed by atoms with Crippen molar-refractivity contribution in [3.05, 3.63) is 0 Å². The molecule has 0 aliphatic carbocycles. The maximum absolute atomic E-state index is 11.9. The summed E-state index contributed by atoms with van der Waals surface area (Å²) in [6.45, 7) is 6.77. The van der Waals surface area contributed by atoms with E-state index in [0.29, 0.717) is 13.1 Å². The number of hydrogen-bond acceptors (Lipinski definition) is 3. The fourth-order valence-electron chi connectivity index (χ4n) is 2.24. The predicted octanol–water partition coefficient (Wildman–Crippen LogP) is 0.491. The average molecular weight is 257 g/mol. The number of amides is 2. The van der Waals surface area contributed by atoms with Crippen molar-refractivity contribution in [3.8, 4) is 0 Å². The summed E-state index contributed by atoms with van der Waals surface area (Å²) in [6.07, 6.45) is 1.60. The second kappa shape index (κ2) is 7.20. The number of hydrogen-bond donors (Lipinski definition) is 3. The van der Waals surface area contributed by atoms with Gasteiger partial charge in [-0.25, -0.2) is 9.59 Å². The Labute approximate surface area is 108 Å². The summed E-state index contributed by atoms with van der Waals surface area (Å²) in [6, 6.07) is -0.943. The molecule has 0 spiro atoms. The van der Waals surface area contributed by atoms with Crippen LogP contribution < -0.4 is 10.6 Å². The summed E-state index contributed by atoms with van der Waals surface area (Å²) in [4.78, 5) is 24.4. The first-order chi connectivity index (χ1) is 8.57. The molecule has 1 fully saturated rings. The van der Waals surface area contributed by atoms with E-state index < -0.39 is 12.0 Å². The van der Waals surface area contributed by atoms with Crippen LogP contribution in [0.15, 0.2) is 0 Å². The van der Waals surface area contributed by atoms with E-state index in [9.17, 15) is 9.59 Å². The summed E-state index contributed by atoms with van der Waals surface area (Å²) < 4.78 is 0. The lowest BCUT2D eigenvalue weighted by Gasteiger charge is -2.23.